The standard InChI is InChI=1S/C24H45N5O11/c1-8-15(31)17(33)13(6-26)36-22(8)39-20-14(7-30)37-24(18(20)34)40-21-16(32)11(28)4-12(29)19(21)38-23-10(27)3-2-9(5-25)35-23/h2,8,10-24,30-34H,3-7,25-29H2,1H3/t8-,10-,11-,12+,13+,14-,15-,16+,17-,18-,19-,20-,21-,22-,23-,24+/m1/s1. The third-order valence-corrected chi connectivity index (χ3v) is 8.09. The molecule has 0 aromatic rings. The number of nitrogens with two attached hydrogens (primary N) is 5. The van der Waals surface area contributed by atoms with E-state index in [4.69, 9.17) is 57.1 Å². The Bertz CT molecular complexity index is 858. The van der Waals surface area contributed by atoms with Crippen LogP contribution in [-0.4, -0.2) is 137 Å². The number of aliphatic hydroxyl groups excluding tert-OH is 5. The first kappa shape index (κ1) is 31.9. The lowest BCUT2D eigenvalue weighted by molar-refractivity contribution is -0.296. The maximum Gasteiger partial charge on any atom is 0.215 e. The van der Waals surface area contributed by atoms with Crippen molar-refractivity contribution < 1.29 is 54.0 Å². The molecule has 40 heavy (non-hydrogen) atoms. The molecule has 232 valence electrons. The second-order valence-corrected chi connectivity index (χ2v) is 11.0. The molecule has 0 spiro atoms. The first-order valence-electron chi connectivity index (χ1n) is 13.6. The van der Waals surface area contributed by atoms with E-state index in [9.17, 15) is 25.5 Å². The van der Waals surface area contributed by atoms with Crippen molar-refractivity contribution in [2.24, 2.45) is 34.6 Å². The molecule has 1 saturated carbocycles. The van der Waals surface area contributed by atoms with Gasteiger partial charge in [0.1, 0.15) is 48.5 Å². The topological polar surface area (TPSA) is 287 Å². The van der Waals surface area contributed by atoms with E-state index in [1.54, 1.807) is 13.0 Å². The van der Waals surface area contributed by atoms with E-state index in [1.807, 2.05) is 0 Å². The van der Waals surface area contributed by atoms with Crippen molar-refractivity contribution >= 4 is 0 Å². The summed E-state index contributed by atoms with van der Waals surface area (Å²) >= 11 is 0. The van der Waals surface area contributed by atoms with Crippen LogP contribution in [0, 0.1) is 5.92 Å². The number of aliphatic hydroxyl groups is 5. The second-order valence-electron chi connectivity index (χ2n) is 11.0. The molecular weight excluding hydrogens is 534 g/mol. The Labute approximate surface area is 232 Å². The average Bonchev–Trinajstić information content (AvgIpc) is 3.23. The van der Waals surface area contributed by atoms with E-state index >= 15 is 0 Å². The van der Waals surface area contributed by atoms with Gasteiger partial charge in [0.05, 0.1) is 31.4 Å². The Morgan fingerprint density at radius 2 is 1.43 bits per heavy atom. The number of hydrogen-bond acceptors (Lipinski definition) is 16. The normalized spacial score (nSPS) is 49.9. The number of rotatable bonds is 9. The Kier molecular flexibility index (Phi) is 10.8. The van der Waals surface area contributed by atoms with Crippen molar-refractivity contribution in [1.82, 2.24) is 0 Å². The molecule has 15 N–H and O–H groups in total. The molecule has 4 rings (SSSR count). The highest BCUT2D eigenvalue weighted by Gasteiger charge is 2.53. The SMILES string of the molecule is C[C@H]1[C@@H](O[C@H]2[C@@H](O)[C@H](O[C@@H]3[C@@H](O)[C@H](N)C[C@H](N)[C@H]3O[C@H]3OC(CN)=CC[C@H]3N)O[C@@H]2CO)O[C@@H](CN)[C@@H](O)[C@@H]1O. The van der Waals surface area contributed by atoms with Crippen LogP contribution in [0.1, 0.15) is 19.8 Å². The van der Waals surface area contributed by atoms with Crippen molar-refractivity contribution in [3.63, 3.8) is 0 Å². The van der Waals surface area contributed by atoms with Crippen molar-refractivity contribution in [3.05, 3.63) is 11.8 Å². The maximum absolute atomic E-state index is 11.1. The smallest absolute Gasteiger partial charge is 0.215 e. The lowest BCUT2D eigenvalue weighted by Gasteiger charge is -2.45. The fourth-order valence-electron chi connectivity index (χ4n) is 5.55. The monoisotopic (exact) mass is 579 g/mol. The molecule has 0 radical (unpaired) electrons. The summed E-state index contributed by atoms with van der Waals surface area (Å²) in [5.74, 6) is -0.204. The van der Waals surface area contributed by atoms with Gasteiger partial charge in [-0.05, 0) is 18.9 Å². The first-order valence-corrected chi connectivity index (χ1v) is 13.6. The van der Waals surface area contributed by atoms with Gasteiger partial charge in [0.15, 0.2) is 12.6 Å². The largest absolute Gasteiger partial charge is 0.467 e. The first-order chi connectivity index (χ1) is 19.0. The van der Waals surface area contributed by atoms with E-state index in [2.05, 4.69) is 0 Å². The Balaban J connectivity index is 1.48. The summed E-state index contributed by atoms with van der Waals surface area (Å²) in [7, 11) is 0. The van der Waals surface area contributed by atoms with Gasteiger partial charge >= 0.3 is 0 Å². The minimum atomic E-state index is -1.48. The molecule has 0 unspecified atom stereocenters. The molecule has 16 atom stereocenters. The fraction of sp³-hybridized carbons (Fsp3) is 0.917. The highest BCUT2D eigenvalue weighted by Crippen LogP contribution is 2.35. The van der Waals surface area contributed by atoms with Crippen LogP contribution < -0.4 is 28.7 Å². The minimum absolute atomic E-state index is 0.0813. The van der Waals surface area contributed by atoms with E-state index in [0.29, 0.717) is 12.2 Å². The molecule has 1 aliphatic carbocycles. The van der Waals surface area contributed by atoms with E-state index in [-0.39, 0.29) is 19.5 Å². The van der Waals surface area contributed by atoms with Gasteiger partial charge in [-0.25, -0.2) is 0 Å². The third-order valence-electron chi connectivity index (χ3n) is 8.09. The van der Waals surface area contributed by atoms with Crippen LogP contribution in [0.3, 0.4) is 0 Å². The highest BCUT2D eigenvalue weighted by molar-refractivity contribution is 5.04. The lowest BCUT2D eigenvalue weighted by Crippen LogP contribution is -2.65. The van der Waals surface area contributed by atoms with Crippen LogP contribution in [-0.2, 0) is 28.4 Å². The molecule has 0 amide bonds. The summed E-state index contributed by atoms with van der Waals surface area (Å²) in [6, 6.07) is -2.00. The number of ether oxygens (including phenoxy) is 6. The van der Waals surface area contributed by atoms with Gasteiger partial charge in [-0.3, -0.25) is 0 Å². The Hall–Kier alpha value is -1.06. The van der Waals surface area contributed by atoms with Crippen LogP contribution in [0.2, 0.25) is 0 Å². The highest BCUT2D eigenvalue weighted by atomic mass is 16.8. The van der Waals surface area contributed by atoms with Crippen molar-refractivity contribution in [2.75, 3.05) is 19.7 Å². The molecule has 0 aromatic heterocycles. The van der Waals surface area contributed by atoms with Crippen LogP contribution in [0.25, 0.3) is 0 Å². The summed E-state index contributed by atoms with van der Waals surface area (Å²) in [4.78, 5) is 0. The second kappa shape index (κ2) is 13.5. The summed E-state index contributed by atoms with van der Waals surface area (Å²) in [5, 5.41) is 52.7. The predicted molar refractivity (Wildman–Crippen MR) is 136 cm³/mol. The van der Waals surface area contributed by atoms with Gasteiger partial charge in [0.2, 0.25) is 6.29 Å². The molecule has 4 aliphatic rings. The molecular formula is C24H45N5O11. The zero-order valence-corrected chi connectivity index (χ0v) is 22.4. The Morgan fingerprint density at radius 3 is 2.08 bits per heavy atom. The molecule has 16 nitrogen and oxygen atoms in total. The van der Waals surface area contributed by atoms with Crippen molar-refractivity contribution in [2.45, 2.75) is 112 Å². The van der Waals surface area contributed by atoms with E-state index in [0.717, 1.165) is 0 Å². The van der Waals surface area contributed by atoms with Gasteiger partial charge in [-0.1, -0.05) is 6.92 Å². The van der Waals surface area contributed by atoms with E-state index < -0.39 is 104 Å². The molecule has 3 heterocycles. The maximum atomic E-state index is 11.1. The minimum Gasteiger partial charge on any atom is -0.467 e. The summed E-state index contributed by atoms with van der Waals surface area (Å²) < 4.78 is 35.3. The molecule has 3 aliphatic heterocycles. The summed E-state index contributed by atoms with van der Waals surface area (Å²) in [6.45, 7) is 1.11. The van der Waals surface area contributed by atoms with Gasteiger partial charge in [0.25, 0.3) is 0 Å². The van der Waals surface area contributed by atoms with Gasteiger partial charge in [-0.15, -0.1) is 0 Å². The van der Waals surface area contributed by atoms with Crippen LogP contribution in [0.15, 0.2) is 11.8 Å². The quantitative estimate of drug-likeness (QED) is 0.122. The van der Waals surface area contributed by atoms with E-state index in [1.165, 1.54) is 0 Å². The van der Waals surface area contributed by atoms with Crippen molar-refractivity contribution in [3.8, 4) is 0 Å². The zero-order chi connectivity index (χ0) is 29.3. The predicted octanol–water partition coefficient (Wildman–Crippen LogP) is -5.40. The molecule has 3 fully saturated rings. The van der Waals surface area contributed by atoms with Crippen LogP contribution in [0.5, 0.6) is 0 Å². The Morgan fingerprint density at radius 1 is 0.775 bits per heavy atom. The van der Waals surface area contributed by atoms with Gasteiger partial charge < -0.3 is 82.6 Å². The van der Waals surface area contributed by atoms with Crippen molar-refractivity contribution in [1.29, 1.82) is 0 Å². The average molecular weight is 580 g/mol. The molecule has 16 heteroatoms. The molecule has 0 aromatic carbocycles. The lowest BCUT2D eigenvalue weighted by atomic mass is 9.84. The van der Waals surface area contributed by atoms with Crippen LogP contribution in [0.4, 0.5) is 0 Å². The third kappa shape index (κ3) is 6.46. The molecule has 0 bridgehead atoms. The zero-order valence-electron chi connectivity index (χ0n) is 22.4. The fourth-order valence-corrected chi connectivity index (χ4v) is 5.55. The van der Waals surface area contributed by atoms with Gasteiger partial charge in [0, 0.05) is 24.5 Å². The summed E-state index contributed by atoms with van der Waals surface area (Å²) in [5.41, 5.74) is 30.0. The number of hydrogen-bond donors (Lipinski definition) is 10. The van der Waals surface area contributed by atoms with Crippen LogP contribution >= 0.6 is 0 Å². The molecule has 2 saturated heterocycles. The van der Waals surface area contributed by atoms with Gasteiger partial charge in [-0.2, -0.15) is 0 Å². The summed E-state index contributed by atoms with van der Waals surface area (Å²) in [6.07, 6.45) is -11.4.